The molecule has 2 amide bonds. The molecule has 12 nitrogen and oxygen atoms in total. The number of amides is 2. The number of rotatable bonds is 13. The van der Waals surface area contributed by atoms with E-state index in [0.717, 1.165) is 5.56 Å². The number of benzene rings is 3. The van der Waals surface area contributed by atoms with E-state index in [0.29, 0.717) is 66.4 Å². The summed E-state index contributed by atoms with van der Waals surface area (Å²) in [6, 6.07) is 22.4. The van der Waals surface area contributed by atoms with Crippen LogP contribution in [0.2, 0.25) is 18.6 Å². The number of fused-ring (bicyclic) bond motifs is 3. The third-order valence-corrected chi connectivity index (χ3v) is 13.5. The molecular formula is C40H46FN5O7Si. The van der Waals surface area contributed by atoms with Crippen LogP contribution < -0.4 is 14.5 Å². The Labute approximate surface area is 315 Å². The van der Waals surface area contributed by atoms with E-state index in [4.69, 9.17) is 14.2 Å². The molecule has 54 heavy (non-hydrogen) atoms. The van der Waals surface area contributed by atoms with Gasteiger partial charge in [-0.25, -0.2) is 0 Å². The highest BCUT2D eigenvalue weighted by Crippen LogP contribution is 2.61. The fourth-order valence-corrected chi connectivity index (χ4v) is 11.1. The topological polar surface area (TPSA) is 136 Å². The monoisotopic (exact) mass is 755 g/mol. The smallest absolute Gasteiger partial charge is 0.305 e. The van der Waals surface area contributed by atoms with E-state index < -0.39 is 31.6 Å². The number of nitrogens with zero attached hydrogens (tertiary/aromatic N) is 5. The number of ether oxygens (including phenoxy) is 3. The van der Waals surface area contributed by atoms with E-state index in [2.05, 4.69) is 10.3 Å². The fourth-order valence-electron chi connectivity index (χ4n) is 8.59. The van der Waals surface area contributed by atoms with Crippen LogP contribution in [-0.4, -0.2) is 79.3 Å². The molecule has 4 heterocycles. The molecule has 1 aromatic heterocycles. The van der Waals surface area contributed by atoms with Gasteiger partial charge in [-0.1, -0.05) is 54.6 Å². The molecule has 1 saturated heterocycles. The lowest BCUT2D eigenvalue weighted by Gasteiger charge is -2.32. The van der Waals surface area contributed by atoms with Crippen molar-refractivity contribution < 1.29 is 37.8 Å². The van der Waals surface area contributed by atoms with Crippen molar-refractivity contribution in [3.8, 4) is 5.75 Å². The summed E-state index contributed by atoms with van der Waals surface area (Å²) in [6.45, 7) is 5.62. The van der Waals surface area contributed by atoms with E-state index in [1.165, 1.54) is 7.11 Å². The van der Waals surface area contributed by atoms with Crippen LogP contribution in [0.4, 0.5) is 21.2 Å². The molecular weight excluding hydrogens is 710 g/mol. The van der Waals surface area contributed by atoms with Crippen molar-refractivity contribution in [1.82, 2.24) is 15.0 Å². The van der Waals surface area contributed by atoms with Crippen LogP contribution in [0.15, 0.2) is 79.0 Å². The lowest BCUT2D eigenvalue weighted by atomic mass is 9.82. The van der Waals surface area contributed by atoms with Gasteiger partial charge < -0.3 is 28.3 Å². The molecule has 284 valence electrons. The van der Waals surface area contributed by atoms with E-state index >= 15 is 4.11 Å². The molecule has 1 N–H and O–H groups in total. The zero-order chi connectivity index (χ0) is 38.2. The van der Waals surface area contributed by atoms with E-state index in [1.807, 2.05) is 73.7 Å². The summed E-state index contributed by atoms with van der Waals surface area (Å²) in [5.74, 6) is -1.19. The number of aliphatic hydroxyl groups is 1. The van der Waals surface area contributed by atoms with Gasteiger partial charge in [-0.2, -0.15) is 0 Å². The average Bonchev–Trinajstić information content (AvgIpc) is 3.82. The number of carbonyl (C=O) groups is 3. The number of halogens is 1. The minimum Gasteiger partial charge on any atom is -0.482 e. The zero-order valence-electron chi connectivity index (χ0n) is 31.0. The predicted molar refractivity (Wildman–Crippen MR) is 202 cm³/mol. The van der Waals surface area contributed by atoms with Gasteiger partial charge >= 0.3 is 5.97 Å². The van der Waals surface area contributed by atoms with Crippen LogP contribution >= 0.6 is 0 Å². The summed E-state index contributed by atoms with van der Waals surface area (Å²) in [4.78, 5) is 43.5. The van der Waals surface area contributed by atoms with E-state index in [1.54, 1.807) is 39.8 Å². The number of esters is 1. The molecule has 1 fully saturated rings. The molecule has 1 spiro atoms. The summed E-state index contributed by atoms with van der Waals surface area (Å²) in [5, 5.41) is 18.9. The number of hydrogen-bond acceptors (Lipinski definition) is 9. The normalized spacial score (nSPS) is 22.7. The van der Waals surface area contributed by atoms with E-state index in [9.17, 15) is 19.5 Å². The number of aromatic nitrogens is 3. The number of aryl methyl sites for hydroxylation is 1. The maximum atomic E-state index is 16.6. The van der Waals surface area contributed by atoms with Gasteiger partial charge in [0.1, 0.15) is 5.75 Å². The first-order chi connectivity index (χ1) is 26.0. The Morgan fingerprint density at radius 2 is 1.81 bits per heavy atom. The molecule has 1 unspecified atom stereocenters. The van der Waals surface area contributed by atoms with Crippen LogP contribution in [0.1, 0.15) is 55.3 Å². The lowest BCUT2D eigenvalue weighted by molar-refractivity contribution is -0.146. The zero-order valence-corrected chi connectivity index (χ0v) is 32.0. The number of methoxy groups -OCH3 is 1. The number of para-hydroxylation sites is 2. The van der Waals surface area contributed by atoms with Gasteiger partial charge in [0.2, 0.25) is 8.41 Å². The van der Waals surface area contributed by atoms with Crippen LogP contribution in [0, 0.1) is 5.92 Å². The molecule has 0 aliphatic carbocycles. The minimum absolute atomic E-state index is 0.136. The molecule has 3 aliphatic rings. The molecule has 3 aliphatic heterocycles. The maximum Gasteiger partial charge on any atom is 0.305 e. The Bertz CT molecular complexity index is 2020. The van der Waals surface area contributed by atoms with Crippen molar-refractivity contribution >= 4 is 43.3 Å². The minimum atomic E-state index is -3.48. The Morgan fingerprint density at radius 1 is 1.06 bits per heavy atom. The van der Waals surface area contributed by atoms with Crippen molar-refractivity contribution in [1.29, 1.82) is 0 Å². The Morgan fingerprint density at radius 3 is 2.56 bits per heavy atom. The standard InChI is InChI=1S/C40H46FN5O7Si/c1-26-38(54(3,4)41)35(19-21-44-23-31(42-43-44)29(24-47)27-12-6-5-7-13-27)53-40(26)30-22-28(46-33-14-8-9-15-34(33)52-25-36(46)48)17-18-32(30)45(39(40)50)20-11-10-16-37(49)51-2/h5-9,12-15,17-18,22-23,26,29,35,38,47H,10-11,16,19-21,24-25H2,1-4H3/t26-,29?,35+,38-,40+/m1/s1. The molecule has 0 radical (unpaired) electrons. The van der Waals surface area contributed by atoms with Gasteiger partial charge in [-0.3, -0.25) is 24.0 Å². The van der Waals surface area contributed by atoms with E-state index in [-0.39, 0.29) is 43.3 Å². The molecule has 0 saturated carbocycles. The summed E-state index contributed by atoms with van der Waals surface area (Å²) >= 11 is 0. The molecule has 14 heteroatoms. The number of aliphatic hydroxyl groups excluding tert-OH is 1. The molecule has 3 aromatic carbocycles. The van der Waals surface area contributed by atoms with Gasteiger partial charge in [0.05, 0.1) is 42.8 Å². The Kier molecular flexibility index (Phi) is 10.4. The number of unbranched alkanes of at least 4 members (excludes halogenated alkanes) is 1. The first-order valence-electron chi connectivity index (χ1n) is 18.5. The summed E-state index contributed by atoms with van der Waals surface area (Å²) in [5.41, 5.74) is 1.82. The van der Waals surface area contributed by atoms with Crippen molar-refractivity contribution in [2.45, 2.75) is 75.4 Å². The van der Waals surface area contributed by atoms with Gasteiger partial charge in [-0.15, -0.1) is 5.10 Å². The summed E-state index contributed by atoms with van der Waals surface area (Å²) < 4.78 is 35.8. The maximum absolute atomic E-state index is 16.6. The second-order valence-corrected chi connectivity index (χ2v) is 18.6. The molecule has 0 bridgehead atoms. The van der Waals surface area contributed by atoms with Crippen molar-refractivity contribution in [2.75, 3.05) is 36.7 Å². The lowest BCUT2D eigenvalue weighted by Crippen LogP contribution is -2.45. The predicted octanol–water partition coefficient (Wildman–Crippen LogP) is 6.01. The third kappa shape index (κ3) is 6.71. The molecule has 7 rings (SSSR count). The van der Waals surface area contributed by atoms with Gasteiger partial charge in [0.15, 0.2) is 12.2 Å². The SMILES string of the molecule is COC(=O)CCCCN1C(=O)[C@@]2(O[C@@H](CCn3cc(C(CO)c4ccccc4)nn3)[C@H]([Si](C)(C)F)[C@H]2C)c2cc(N3C(=O)COc4ccccc43)ccc21. The first-order valence-corrected chi connectivity index (χ1v) is 21.4. The summed E-state index contributed by atoms with van der Waals surface area (Å²) in [7, 11) is -2.13. The van der Waals surface area contributed by atoms with Crippen LogP contribution in [-0.2, 0) is 36.0 Å². The highest BCUT2D eigenvalue weighted by Gasteiger charge is 2.66. The van der Waals surface area contributed by atoms with Crippen molar-refractivity contribution in [3.05, 3.63) is 95.8 Å². The highest BCUT2D eigenvalue weighted by atomic mass is 28.4. The Hall–Kier alpha value is -4.92. The fraction of sp³-hybridized carbons (Fsp3) is 0.425. The van der Waals surface area contributed by atoms with Crippen LogP contribution in [0.25, 0.3) is 0 Å². The average molecular weight is 756 g/mol. The molecule has 4 aromatic rings. The van der Waals surface area contributed by atoms with Crippen molar-refractivity contribution in [3.63, 3.8) is 0 Å². The van der Waals surface area contributed by atoms with Crippen LogP contribution in [0.5, 0.6) is 5.75 Å². The van der Waals surface area contributed by atoms with Gasteiger partial charge in [-0.05, 0) is 68.3 Å². The summed E-state index contributed by atoms with van der Waals surface area (Å²) in [6.07, 6.45) is 2.80. The number of carbonyl (C=O) groups excluding carboxylic acids is 3. The first kappa shape index (κ1) is 37.4. The Balaban J connectivity index is 1.23. The third-order valence-electron chi connectivity index (χ3n) is 11.1. The number of anilines is 3. The van der Waals surface area contributed by atoms with Crippen LogP contribution in [0.3, 0.4) is 0 Å². The van der Waals surface area contributed by atoms with Gasteiger partial charge in [0.25, 0.3) is 11.8 Å². The van der Waals surface area contributed by atoms with Crippen molar-refractivity contribution in [2.24, 2.45) is 5.92 Å². The number of hydrogen-bond donors (Lipinski definition) is 1. The highest BCUT2D eigenvalue weighted by molar-refractivity contribution is 6.72. The molecule has 5 atom stereocenters. The second kappa shape index (κ2) is 15.1. The van der Waals surface area contributed by atoms with Gasteiger partial charge in [0, 0.05) is 48.4 Å². The quantitative estimate of drug-likeness (QED) is 0.0753. The largest absolute Gasteiger partial charge is 0.482 e. The second-order valence-electron chi connectivity index (χ2n) is 14.8.